The molecule has 0 amide bonds. The lowest BCUT2D eigenvalue weighted by Crippen LogP contribution is -2.37. The second-order valence-electron chi connectivity index (χ2n) is 17.8. The second kappa shape index (κ2) is 42.5. The van der Waals surface area contributed by atoms with Gasteiger partial charge in [0.25, 0.3) is 0 Å². The first-order valence-electron chi connectivity index (χ1n) is 24.7. The number of allylic oxidation sites excluding steroid dienone is 6. The maximum absolute atomic E-state index is 12.7. The highest BCUT2D eigenvalue weighted by molar-refractivity contribution is 7.47. The topological polar surface area (TPSA) is 108 Å². The number of quaternary nitrogens is 1. The number of carbonyl (C=O) groups is 2. The smallest absolute Gasteiger partial charge is 0.462 e. The van der Waals surface area contributed by atoms with Gasteiger partial charge in [-0.15, -0.1) is 0 Å². The molecule has 0 aliphatic carbocycles. The Hall–Kier alpha value is -1.77. The molecule has 0 saturated carbocycles. The molecular formula is C50H95NO8P+. The summed E-state index contributed by atoms with van der Waals surface area (Å²) in [6.07, 6.45) is 49.0. The fourth-order valence-electron chi connectivity index (χ4n) is 6.75. The fraction of sp³-hybridized carbons (Fsp3) is 0.840. The number of esters is 2. The monoisotopic (exact) mass is 869 g/mol. The number of hydrogen-bond donors (Lipinski definition) is 1. The molecule has 0 heterocycles. The Bertz CT molecular complexity index is 1120. The van der Waals surface area contributed by atoms with Crippen molar-refractivity contribution in [3.63, 3.8) is 0 Å². The van der Waals surface area contributed by atoms with Gasteiger partial charge in [-0.05, 0) is 70.6 Å². The Morgan fingerprint density at radius 1 is 0.517 bits per heavy atom. The van der Waals surface area contributed by atoms with Crippen molar-refractivity contribution in [2.45, 2.75) is 225 Å². The van der Waals surface area contributed by atoms with Crippen LogP contribution in [0.4, 0.5) is 0 Å². The van der Waals surface area contributed by atoms with E-state index in [1.807, 2.05) is 21.1 Å². The Morgan fingerprint density at radius 2 is 0.900 bits per heavy atom. The molecular weight excluding hydrogens is 774 g/mol. The molecule has 352 valence electrons. The van der Waals surface area contributed by atoms with Crippen LogP contribution in [0.3, 0.4) is 0 Å². The van der Waals surface area contributed by atoms with Gasteiger partial charge in [0.1, 0.15) is 19.8 Å². The van der Waals surface area contributed by atoms with Gasteiger partial charge in [-0.25, -0.2) is 4.57 Å². The van der Waals surface area contributed by atoms with E-state index < -0.39 is 26.5 Å². The molecule has 0 aromatic heterocycles. The first-order chi connectivity index (χ1) is 29.0. The molecule has 0 aliphatic heterocycles. The van der Waals surface area contributed by atoms with Crippen LogP contribution in [0, 0.1) is 0 Å². The van der Waals surface area contributed by atoms with Gasteiger partial charge >= 0.3 is 19.8 Å². The lowest BCUT2D eigenvalue weighted by Gasteiger charge is -2.24. The summed E-state index contributed by atoms with van der Waals surface area (Å²) in [7, 11) is 1.47. The first kappa shape index (κ1) is 58.2. The Balaban J connectivity index is 4.27. The van der Waals surface area contributed by atoms with Crippen molar-refractivity contribution >= 4 is 19.8 Å². The van der Waals surface area contributed by atoms with Crippen molar-refractivity contribution in [2.75, 3.05) is 47.5 Å². The number of unbranched alkanes of at least 4 members (excludes halogenated alkanes) is 25. The molecule has 0 fully saturated rings. The van der Waals surface area contributed by atoms with Crippen LogP contribution < -0.4 is 0 Å². The molecule has 0 aromatic rings. The van der Waals surface area contributed by atoms with Crippen LogP contribution in [0.25, 0.3) is 0 Å². The molecule has 0 aromatic carbocycles. The van der Waals surface area contributed by atoms with E-state index in [-0.39, 0.29) is 32.0 Å². The molecule has 0 rings (SSSR count). The van der Waals surface area contributed by atoms with E-state index in [0.29, 0.717) is 17.4 Å². The van der Waals surface area contributed by atoms with E-state index in [2.05, 4.69) is 50.3 Å². The third-order valence-electron chi connectivity index (χ3n) is 10.6. The normalized spacial score (nSPS) is 13.8. The van der Waals surface area contributed by atoms with E-state index in [0.717, 1.165) is 57.8 Å². The van der Waals surface area contributed by atoms with E-state index in [1.54, 1.807) is 0 Å². The quantitative estimate of drug-likeness (QED) is 0.0212. The van der Waals surface area contributed by atoms with Crippen molar-refractivity contribution < 1.29 is 42.1 Å². The van der Waals surface area contributed by atoms with Crippen LogP contribution in [0.15, 0.2) is 36.5 Å². The van der Waals surface area contributed by atoms with Crippen LogP contribution in [-0.2, 0) is 32.7 Å². The largest absolute Gasteiger partial charge is 0.472 e. The van der Waals surface area contributed by atoms with Crippen LogP contribution in [0.2, 0.25) is 0 Å². The molecule has 1 unspecified atom stereocenters. The summed E-state index contributed by atoms with van der Waals surface area (Å²) in [6.45, 7) is 4.40. The summed E-state index contributed by atoms with van der Waals surface area (Å²) in [5.41, 5.74) is 0. The Kier molecular flexibility index (Phi) is 41.3. The minimum atomic E-state index is -4.38. The number of ether oxygens (including phenoxy) is 2. The van der Waals surface area contributed by atoms with Crippen LogP contribution in [-0.4, -0.2) is 74.9 Å². The van der Waals surface area contributed by atoms with Crippen molar-refractivity contribution in [1.29, 1.82) is 0 Å². The zero-order valence-electron chi connectivity index (χ0n) is 39.7. The summed E-state index contributed by atoms with van der Waals surface area (Å²) in [6, 6.07) is 0. The summed E-state index contributed by atoms with van der Waals surface area (Å²) >= 11 is 0. The molecule has 9 nitrogen and oxygen atoms in total. The number of nitrogens with zero attached hydrogens (tertiary/aromatic N) is 1. The molecule has 2 atom stereocenters. The third kappa shape index (κ3) is 45.7. The summed E-state index contributed by atoms with van der Waals surface area (Å²) < 4.78 is 34.4. The number of rotatable bonds is 45. The molecule has 0 aliphatic rings. The second-order valence-corrected chi connectivity index (χ2v) is 19.3. The summed E-state index contributed by atoms with van der Waals surface area (Å²) in [4.78, 5) is 35.5. The van der Waals surface area contributed by atoms with Crippen molar-refractivity contribution in [3.05, 3.63) is 36.5 Å². The lowest BCUT2D eigenvalue weighted by atomic mass is 10.0. The number of phosphoric ester groups is 1. The van der Waals surface area contributed by atoms with Gasteiger partial charge in [-0.1, -0.05) is 172 Å². The predicted octanol–water partition coefficient (Wildman–Crippen LogP) is 14.5. The Morgan fingerprint density at radius 3 is 1.37 bits per heavy atom. The zero-order chi connectivity index (χ0) is 44.3. The van der Waals surface area contributed by atoms with Crippen molar-refractivity contribution in [2.24, 2.45) is 0 Å². The average Bonchev–Trinajstić information content (AvgIpc) is 3.20. The highest BCUT2D eigenvalue weighted by Crippen LogP contribution is 2.43. The summed E-state index contributed by atoms with van der Waals surface area (Å²) in [5.74, 6) is -0.810. The first-order valence-corrected chi connectivity index (χ1v) is 26.2. The van der Waals surface area contributed by atoms with Gasteiger partial charge in [-0.3, -0.25) is 18.6 Å². The highest BCUT2D eigenvalue weighted by atomic mass is 31.2. The standard InChI is InChI=1S/C50H94NO8P/c1-6-8-10-12-14-16-18-20-22-23-24-25-26-27-29-31-33-35-37-39-41-43-50(53)59-48(47-58-60(54,55)57-45-44-51(3,4)5)46-56-49(52)42-40-38-36-34-32-30-28-21-19-17-15-13-11-9-7-2/h15,17,20-22,28,48H,6-14,16,18-19,23-27,29-47H2,1-5H3/p+1/b17-15+,22-20+,28-21+/t48-/m1/s1. The van der Waals surface area contributed by atoms with E-state index in [1.165, 1.54) is 128 Å². The average molecular weight is 869 g/mol. The number of carbonyl (C=O) groups excluding carboxylic acids is 2. The molecule has 0 bridgehead atoms. The van der Waals surface area contributed by atoms with Gasteiger partial charge in [0.05, 0.1) is 27.7 Å². The van der Waals surface area contributed by atoms with E-state index in [9.17, 15) is 19.0 Å². The third-order valence-corrected chi connectivity index (χ3v) is 11.6. The van der Waals surface area contributed by atoms with Crippen molar-refractivity contribution in [1.82, 2.24) is 0 Å². The van der Waals surface area contributed by atoms with Gasteiger partial charge in [0.2, 0.25) is 0 Å². The molecule has 0 spiro atoms. The molecule has 60 heavy (non-hydrogen) atoms. The lowest BCUT2D eigenvalue weighted by molar-refractivity contribution is -0.870. The van der Waals surface area contributed by atoms with Gasteiger partial charge in [0.15, 0.2) is 6.10 Å². The van der Waals surface area contributed by atoms with E-state index >= 15 is 0 Å². The molecule has 0 radical (unpaired) electrons. The maximum Gasteiger partial charge on any atom is 0.472 e. The molecule has 0 saturated heterocycles. The zero-order valence-corrected chi connectivity index (χ0v) is 40.6. The highest BCUT2D eigenvalue weighted by Gasteiger charge is 2.27. The summed E-state index contributed by atoms with van der Waals surface area (Å²) in [5, 5.41) is 0. The SMILES string of the molecule is CCCCC/C=C/C/C=C/CCCCCCCC(=O)OC[C@H](COP(=O)(O)OCC[N+](C)(C)C)OC(=O)CCCCCCCCCCCCC/C=C/CCCCCCCC. The van der Waals surface area contributed by atoms with Crippen molar-refractivity contribution in [3.8, 4) is 0 Å². The number of phosphoric acid groups is 1. The van der Waals surface area contributed by atoms with Gasteiger partial charge in [0, 0.05) is 12.8 Å². The Labute approximate surface area is 370 Å². The number of hydrogen-bond acceptors (Lipinski definition) is 7. The number of likely N-dealkylation sites (N-methyl/N-ethyl adjacent to an activating group) is 1. The predicted molar refractivity (Wildman–Crippen MR) is 252 cm³/mol. The van der Waals surface area contributed by atoms with Gasteiger partial charge in [-0.2, -0.15) is 0 Å². The maximum atomic E-state index is 12.7. The molecule has 10 heteroatoms. The van der Waals surface area contributed by atoms with Crippen LogP contribution in [0.1, 0.15) is 219 Å². The van der Waals surface area contributed by atoms with E-state index in [4.69, 9.17) is 18.5 Å². The van der Waals surface area contributed by atoms with Gasteiger partial charge < -0.3 is 18.9 Å². The minimum Gasteiger partial charge on any atom is -0.462 e. The minimum absolute atomic E-state index is 0.0295. The van der Waals surface area contributed by atoms with Crippen LogP contribution >= 0.6 is 7.82 Å². The fourth-order valence-corrected chi connectivity index (χ4v) is 7.49. The molecule has 1 N–H and O–H groups in total. The van der Waals surface area contributed by atoms with Crippen LogP contribution in [0.5, 0.6) is 0 Å².